The molecule has 2 saturated carbocycles. The van der Waals surface area contributed by atoms with Crippen molar-refractivity contribution in [2.75, 3.05) is 12.9 Å². The second-order valence-corrected chi connectivity index (χ2v) is 8.52. The van der Waals surface area contributed by atoms with Crippen LogP contribution in [0.4, 0.5) is 0 Å². The van der Waals surface area contributed by atoms with Gasteiger partial charge in [0.1, 0.15) is 5.75 Å². The van der Waals surface area contributed by atoms with Gasteiger partial charge < -0.3 is 9.64 Å². The molecular formula is C17H23NO4S. The quantitative estimate of drug-likeness (QED) is 0.800. The minimum absolute atomic E-state index is 0.0191. The van der Waals surface area contributed by atoms with E-state index in [0.29, 0.717) is 17.8 Å². The van der Waals surface area contributed by atoms with Crippen LogP contribution in [0.3, 0.4) is 0 Å². The van der Waals surface area contributed by atoms with Gasteiger partial charge in [-0.1, -0.05) is 12.8 Å². The van der Waals surface area contributed by atoms with Gasteiger partial charge in [-0.15, -0.1) is 0 Å². The van der Waals surface area contributed by atoms with Gasteiger partial charge in [-0.05, 0) is 49.9 Å². The summed E-state index contributed by atoms with van der Waals surface area (Å²) in [4.78, 5) is 14.8. The number of carbonyl (C=O) groups is 1. The zero-order valence-electron chi connectivity index (χ0n) is 13.4. The monoisotopic (exact) mass is 337 g/mol. The fourth-order valence-corrected chi connectivity index (χ4v) is 3.87. The Labute approximate surface area is 137 Å². The number of hydrogen-bond acceptors (Lipinski definition) is 4. The summed E-state index contributed by atoms with van der Waals surface area (Å²) in [5.41, 5.74) is 0. The minimum atomic E-state index is -3.21. The lowest BCUT2D eigenvalue weighted by molar-refractivity contribution is -0.136. The maximum atomic E-state index is 12.5. The number of sulfone groups is 1. The van der Waals surface area contributed by atoms with Crippen molar-refractivity contribution in [3.63, 3.8) is 0 Å². The Morgan fingerprint density at radius 1 is 1.09 bits per heavy atom. The predicted molar refractivity (Wildman–Crippen MR) is 87.2 cm³/mol. The molecule has 0 unspecified atom stereocenters. The van der Waals surface area contributed by atoms with E-state index in [1.165, 1.54) is 31.2 Å². The van der Waals surface area contributed by atoms with Crippen LogP contribution in [0.2, 0.25) is 0 Å². The van der Waals surface area contributed by atoms with Crippen LogP contribution in [-0.4, -0.2) is 44.2 Å². The molecule has 0 aliphatic heterocycles. The van der Waals surface area contributed by atoms with Crippen LogP contribution in [0, 0.1) is 0 Å². The molecule has 6 heteroatoms. The summed E-state index contributed by atoms with van der Waals surface area (Å²) in [5.74, 6) is 0.569. The van der Waals surface area contributed by atoms with Gasteiger partial charge in [0.05, 0.1) is 4.90 Å². The molecule has 2 aliphatic carbocycles. The second-order valence-electron chi connectivity index (χ2n) is 6.50. The summed E-state index contributed by atoms with van der Waals surface area (Å²) in [6.07, 6.45) is 7.98. The Kier molecular flexibility index (Phi) is 4.62. The van der Waals surface area contributed by atoms with E-state index in [9.17, 15) is 13.2 Å². The van der Waals surface area contributed by atoms with Gasteiger partial charge >= 0.3 is 0 Å². The molecule has 2 fully saturated rings. The van der Waals surface area contributed by atoms with E-state index in [1.807, 2.05) is 4.90 Å². The van der Waals surface area contributed by atoms with Gasteiger partial charge in [-0.2, -0.15) is 0 Å². The predicted octanol–water partition coefficient (Wildman–Crippen LogP) is 2.40. The molecule has 2 aliphatic rings. The van der Waals surface area contributed by atoms with Crippen molar-refractivity contribution in [3.8, 4) is 5.75 Å². The third-order valence-electron chi connectivity index (χ3n) is 4.56. The number of rotatable bonds is 6. The van der Waals surface area contributed by atoms with Crippen molar-refractivity contribution >= 4 is 15.7 Å². The van der Waals surface area contributed by atoms with Crippen LogP contribution in [0.25, 0.3) is 0 Å². The molecule has 3 rings (SSSR count). The third-order valence-corrected chi connectivity index (χ3v) is 5.69. The molecule has 0 radical (unpaired) electrons. The van der Waals surface area contributed by atoms with Crippen LogP contribution >= 0.6 is 0 Å². The van der Waals surface area contributed by atoms with Gasteiger partial charge in [0.2, 0.25) is 0 Å². The molecule has 0 atom stereocenters. The standard InChI is InChI=1S/C17H23NO4S/c1-23(20,21)16-10-8-15(9-11-16)22-12-17(19)18(14-6-7-14)13-4-2-3-5-13/h8-11,13-14H,2-7,12H2,1H3. The smallest absolute Gasteiger partial charge is 0.261 e. The first-order valence-corrected chi connectivity index (χ1v) is 10.1. The SMILES string of the molecule is CS(=O)(=O)c1ccc(OCC(=O)N(C2CCCC2)C2CC2)cc1. The number of hydrogen-bond donors (Lipinski definition) is 0. The molecule has 23 heavy (non-hydrogen) atoms. The normalized spacial score (nSPS) is 18.8. The van der Waals surface area contributed by atoms with E-state index < -0.39 is 9.84 Å². The first-order chi connectivity index (χ1) is 10.9. The molecule has 1 amide bonds. The van der Waals surface area contributed by atoms with Gasteiger partial charge in [-0.25, -0.2) is 8.42 Å². The summed E-state index contributed by atoms with van der Waals surface area (Å²) in [6.45, 7) is 0.0191. The third kappa shape index (κ3) is 4.05. The summed E-state index contributed by atoms with van der Waals surface area (Å²) < 4.78 is 28.4. The Balaban J connectivity index is 1.59. The van der Waals surface area contributed by atoms with Crippen LogP contribution in [0.5, 0.6) is 5.75 Å². The van der Waals surface area contributed by atoms with Crippen LogP contribution in [-0.2, 0) is 14.6 Å². The molecule has 0 bridgehead atoms. The highest BCUT2D eigenvalue weighted by atomic mass is 32.2. The van der Waals surface area contributed by atoms with Crippen molar-refractivity contribution in [2.24, 2.45) is 0 Å². The van der Waals surface area contributed by atoms with E-state index in [-0.39, 0.29) is 17.4 Å². The highest BCUT2D eigenvalue weighted by Crippen LogP contribution is 2.34. The average molecular weight is 337 g/mol. The first-order valence-electron chi connectivity index (χ1n) is 8.19. The van der Waals surface area contributed by atoms with E-state index in [4.69, 9.17) is 4.74 Å². The Morgan fingerprint density at radius 2 is 1.65 bits per heavy atom. The summed E-state index contributed by atoms with van der Waals surface area (Å²) in [5, 5.41) is 0. The largest absolute Gasteiger partial charge is 0.484 e. The molecular weight excluding hydrogens is 314 g/mol. The number of carbonyl (C=O) groups excluding carboxylic acids is 1. The Morgan fingerprint density at radius 3 is 2.17 bits per heavy atom. The summed E-state index contributed by atoms with van der Waals surface area (Å²) in [6, 6.07) is 6.99. The molecule has 0 saturated heterocycles. The molecule has 1 aromatic carbocycles. The van der Waals surface area contributed by atoms with E-state index in [1.54, 1.807) is 12.1 Å². The van der Waals surface area contributed by atoms with Crippen LogP contribution < -0.4 is 4.74 Å². The van der Waals surface area contributed by atoms with Crippen molar-refractivity contribution in [1.82, 2.24) is 4.90 Å². The molecule has 0 spiro atoms. The number of nitrogens with zero attached hydrogens (tertiary/aromatic N) is 1. The average Bonchev–Trinajstić information content (AvgIpc) is 3.19. The van der Waals surface area contributed by atoms with E-state index >= 15 is 0 Å². The van der Waals surface area contributed by atoms with Gasteiger partial charge in [-0.3, -0.25) is 4.79 Å². The lowest BCUT2D eigenvalue weighted by Gasteiger charge is -2.29. The van der Waals surface area contributed by atoms with Crippen molar-refractivity contribution < 1.29 is 17.9 Å². The Hall–Kier alpha value is -1.56. The zero-order chi connectivity index (χ0) is 16.4. The molecule has 0 heterocycles. The van der Waals surface area contributed by atoms with Crippen LogP contribution in [0.15, 0.2) is 29.2 Å². The topological polar surface area (TPSA) is 63.7 Å². The first kappa shape index (κ1) is 16.3. The van der Waals surface area contributed by atoms with Crippen molar-refractivity contribution in [2.45, 2.75) is 55.5 Å². The number of benzene rings is 1. The molecule has 126 valence electrons. The lowest BCUT2D eigenvalue weighted by Crippen LogP contribution is -2.43. The fourth-order valence-electron chi connectivity index (χ4n) is 3.24. The molecule has 0 aromatic heterocycles. The van der Waals surface area contributed by atoms with Gasteiger partial charge in [0.25, 0.3) is 5.91 Å². The maximum absolute atomic E-state index is 12.5. The Bertz CT molecular complexity index is 658. The lowest BCUT2D eigenvalue weighted by atomic mass is 10.2. The highest BCUT2D eigenvalue weighted by molar-refractivity contribution is 7.90. The number of ether oxygens (including phenoxy) is 1. The molecule has 5 nitrogen and oxygen atoms in total. The molecule has 1 aromatic rings. The minimum Gasteiger partial charge on any atom is -0.484 e. The summed E-state index contributed by atoms with van der Waals surface area (Å²) >= 11 is 0. The van der Waals surface area contributed by atoms with Gasteiger partial charge in [0.15, 0.2) is 16.4 Å². The van der Waals surface area contributed by atoms with Gasteiger partial charge in [0, 0.05) is 18.3 Å². The second kappa shape index (κ2) is 6.51. The van der Waals surface area contributed by atoms with Crippen molar-refractivity contribution in [1.29, 1.82) is 0 Å². The van der Waals surface area contributed by atoms with Crippen LogP contribution in [0.1, 0.15) is 38.5 Å². The number of amides is 1. The maximum Gasteiger partial charge on any atom is 0.261 e. The fraction of sp³-hybridized carbons (Fsp3) is 0.588. The highest BCUT2D eigenvalue weighted by Gasteiger charge is 2.38. The zero-order valence-corrected chi connectivity index (χ0v) is 14.2. The summed E-state index contributed by atoms with van der Waals surface area (Å²) in [7, 11) is -3.21. The van der Waals surface area contributed by atoms with E-state index in [0.717, 1.165) is 25.7 Å². The van der Waals surface area contributed by atoms with Crippen molar-refractivity contribution in [3.05, 3.63) is 24.3 Å². The molecule has 0 N–H and O–H groups in total. The van der Waals surface area contributed by atoms with E-state index in [2.05, 4.69) is 0 Å².